The van der Waals surface area contributed by atoms with Gasteiger partial charge in [-0.3, -0.25) is 10.6 Å². The molecule has 1 saturated heterocycles. The van der Waals surface area contributed by atoms with E-state index in [0.29, 0.717) is 18.5 Å². The van der Waals surface area contributed by atoms with Crippen LogP contribution < -0.4 is 22.1 Å². The molecule has 1 rings (SSSR count). The standard InChI is InChI=1S/C15H34N4/c1-5-6-7-8-13-18-12(10-16)11(2)9-15(3,4)14(17)19-13/h11-14,18-19H,5-10,16-17H2,1-4H3. The number of unbranched alkanes of at least 4 members (excludes halogenated alkanes) is 2. The highest BCUT2D eigenvalue weighted by atomic mass is 15.2. The quantitative estimate of drug-likeness (QED) is 0.574. The summed E-state index contributed by atoms with van der Waals surface area (Å²) in [5.74, 6) is 0.557. The molecule has 0 amide bonds. The summed E-state index contributed by atoms with van der Waals surface area (Å²) in [6, 6.07) is 0.380. The molecule has 0 spiro atoms. The highest BCUT2D eigenvalue weighted by Crippen LogP contribution is 2.30. The Morgan fingerprint density at radius 1 is 1.21 bits per heavy atom. The van der Waals surface area contributed by atoms with E-state index in [1.54, 1.807) is 0 Å². The van der Waals surface area contributed by atoms with Crippen molar-refractivity contribution in [1.82, 2.24) is 10.6 Å². The number of nitrogens with two attached hydrogens (primary N) is 2. The predicted molar refractivity (Wildman–Crippen MR) is 82.6 cm³/mol. The minimum Gasteiger partial charge on any atom is -0.329 e. The second kappa shape index (κ2) is 7.58. The smallest absolute Gasteiger partial charge is 0.0611 e. The van der Waals surface area contributed by atoms with Crippen molar-refractivity contribution in [2.24, 2.45) is 22.8 Å². The predicted octanol–water partition coefficient (Wildman–Crippen LogP) is 1.75. The Labute approximate surface area is 119 Å². The van der Waals surface area contributed by atoms with Crippen molar-refractivity contribution in [2.75, 3.05) is 6.54 Å². The van der Waals surface area contributed by atoms with E-state index < -0.39 is 0 Å². The molecule has 19 heavy (non-hydrogen) atoms. The molecule has 0 aromatic heterocycles. The molecular weight excluding hydrogens is 236 g/mol. The average Bonchev–Trinajstić information content (AvgIpc) is 2.33. The molecule has 0 aromatic carbocycles. The topological polar surface area (TPSA) is 76.1 Å². The number of hydrogen-bond donors (Lipinski definition) is 4. The van der Waals surface area contributed by atoms with Crippen molar-refractivity contribution in [3.63, 3.8) is 0 Å². The molecule has 1 heterocycles. The van der Waals surface area contributed by atoms with Gasteiger partial charge < -0.3 is 11.5 Å². The summed E-state index contributed by atoms with van der Waals surface area (Å²) in [5, 5.41) is 7.23. The Morgan fingerprint density at radius 2 is 1.89 bits per heavy atom. The molecule has 1 fully saturated rings. The lowest BCUT2D eigenvalue weighted by molar-refractivity contribution is 0.118. The molecule has 6 N–H and O–H groups in total. The summed E-state index contributed by atoms with van der Waals surface area (Å²) in [5.41, 5.74) is 12.4. The van der Waals surface area contributed by atoms with E-state index in [9.17, 15) is 0 Å². The summed E-state index contributed by atoms with van der Waals surface area (Å²) < 4.78 is 0. The highest BCUT2D eigenvalue weighted by molar-refractivity contribution is 4.91. The van der Waals surface area contributed by atoms with Crippen molar-refractivity contribution in [3.8, 4) is 0 Å². The Kier molecular flexibility index (Phi) is 6.74. The molecule has 1 aliphatic heterocycles. The van der Waals surface area contributed by atoms with Crippen LogP contribution in [0.15, 0.2) is 0 Å². The van der Waals surface area contributed by atoms with E-state index in [-0.39, 0.29) is 17.7 Å². The van der Waals surface area contributed by atoms with Gasteiger partial charge >= 0.3 is 0 Å². The molecular formula is C15H34N4. The van der Waals surface area contributed by atoms with E-state index in [2.05, 4.69) is 38.3 Å². The largest absolute Gasteiger partial charge is 0.329 e. The van der Waals surface area contributed by atoms with Gasteiger partial charge in [-0.05, 0) is 24.2 Å². The molecule has 1 aliphatic rings. The minimum atomic E-state index is 0.0350. The summed E-state index contributed by atoms with van der Waals surface area (Å²) in [6.45, 7) is 9.72. The van der Waals surface area contributed by atoms with Crippen LogP contribution in [0, 0.1) is 11.3 Å². The summed E-state index contributed by atoms with van der Waals surface area (Å²) in [4.78, 5) is 0. The lowest BCUT2D eigenvalue weighted by atomic mass is 9.77. The Morgan fingerprint density at radius 3 is 2.47 bits per heavy atom. The van der Waals surface area contributed by atoms with Crippen molar-refractivity contribution < 1.29 is 0 Å². The Balaban J connectivity index is 2.69. The second-order valence-electron chi connectivity index (χ2n) is 6.87. The number of nitrogens with one attached hydrogen (secondary N) is 2. The Hall–Kier alpha value is -0.160. The molecule has 0 radical (unpaired) electrons. The first kappa shape index (κ1) is 16.9. The zero-order valence-electron chi connectivity index (χ0n) is 13.2. The van der Waals surface area contributed by atoms with Crippen LogP contribution in [0.25, 0.3) is 0 Å². The average molecular weight is 270 g/mol. The van der Waals surface area contributed by atoms with Gasteiger partial charge in [0.05, 0.1) is 12.3 Å². The molecule has 4 nitrogen and oxygen atoms in total. The first-order valence-corrected chi connectivity index (χ1v) is 7.88. The highest BCUT2D eigenvalue weighted by Gasteiger charge is 2.35. The van der Waals surface area contributed by atoms with E-state index in [4.69, 9.17) is 11.5 Å². The van der Waals surface area contributed by atoms with E-state index in [1.165, 1.54) is 19.3 Å². The van der Waals surface area contributed by atoms with Crippen molar-refractivity contribution in [3.05, 3.63) is 0 Å². The van der Waals surface area contributed by atoms with Gasteiger partial charge in [0, 0.05) is 12.6 Å². The molecule has 0 aliphatic carbocycles. The SMILES string of the molecule is CCCCCC1NC(CN)C(C)CC(C)(C)C(N)N1. The van der Waals surface area contributed by atoms with E-state index in [0.717, 1.165) is 12.8 Å². The zero-order chi connectivity index (χ0) is 14.5. The van der Waals surface area contributed by atoms with Crippen LogP contribution in [-0.4, -0.2) is 24.9 Å². The van der Waals surface area contributed by atoms with Crippen LogP contribution in [0.3, 0.4) is 0 Å². The summed E-state index contributed by atoms with van der Waals surface area (Å²) >= 11 is 0. The summed E-state index contributed by atoms with van der Waals surface area (Å²) in [6.07, 6.45) is 6.31. The third-order valence-electron chi connectivity index (χ3n) is 4.52. The van der Waals surface area contributed by atoms with Gasteiger partial charge in [-0.15, -0.1) is 0 Å². The van der Waals surface area contributed by atoms with Crippen LogP contribution in [0.5, 0.6) is 0 Å². The van der Waals surface area contributed by atoms with Gasteiger partial charge in [0.2, 0.25) is 0 Å². The third-order valence-corrected chi connectivity index (χ3v) is 4.52. The Bertz CT molecular complexity index is 253. The fourth-order valence-electron chi connectivity index (χ4n) is 3.08. The van der Waals surface area contributed by atoms with E-state index in [1.807, 2.05) is 0 Å². The third kappa shape index (κ3) is 5.03. The molecule has 0 aromatic rings. The normalized spacial score (nSPS) is 35.7. The van der Waals surface area contributed by atoms with Crippen LogP contribution in [0.2, 0.25) is 0 Å². The van der Waals surface area contributed by atoms with Gasteiger partial charge in [0.1, 0.15) is 0 Å². The van der Waals surface area contributed by atoms with Gasteiger partial charge in [0.15, 0.2) is 0 Å². The minimum absolute atomic E-state index is 0.0350. The number of rotatable bonds is 5. The fourth-order valence-corrected chi connectivity index (χ4v) is 3.08. The van der Waals surface area contributed by atoms with Crippen molar-refractivity contribution in [1.29, 1.82) is 0 Å². The monoisotopic (exact) mass is 270 g/mol. The summed E-state index contributed by atoms with van der Waals surface area (Å²) in [7, 11) is 0. The fraction of sp³-hybridized carbons (Fsp3) is 1.00. The van der Waals surface area contributed by atoms with Crippen LogP contribution >= 0.6 is 0 Å². The van der Waals surface area contributed by atoms with Gasteiger partial charge in [0.25, 0.3) is 0 Å². The van der Waals surface area contributed by atoms with Crippen LogP contribution in [0.4, 0.5) is 0 Å². The molecule has 4 atom stereocenters. The maximum absolute atomic E-state index is 6.34. The molecule has 0 saturated carbocycles. The maximum Gasteiger partial charge on any atom is 0.0611 e. The van der Waals surface area contributed by atoms with Gasteiger partial charge in [-0.2, -0.15) is 0 Å². The van der Waals surface area contributed by atoms with Crippen LogP contribution in [0.1, 0.15) is 59.8 Å². The molecule has 4 unspecified atom stereocenters. The maximum atomic E-state index is 6.34. The first-order valence-electron chi connectivity index (χ1n) is 7.88. The van der Waals surface area contributed by atoms with Crippen molar-refractivity contribution >= 4 is 0 Å². The zero-order valence-corrected chi connectivity index (χ0v) is 13.2. The lowest BCUT2D eigenvalue weighted by Crippen LogP contribution is -2.63. The second-order valence-corrected chi connectivity index (χ2v) is 6.87. The lowest BCUT2D eigenvalue weighted by Gasteiger charge is -2.43. The van der Waals surface area contributed by atoms with Crippen molar-refractivity contribution in [2.45, 2.75) is 78.2 Å². The number of hydrogen-bond acceptors (Lipinski definition) is 4. The molecule has 0 bridgehead atoms. The molecule has 4 heteroatoms. The van der Waals surface area contributed by atoms with E-state index >= 15 is 0 Å². The van der Waals surface area contributed by atoms with Gasteiger partial charge in [-0.1, -0.05) is 47.0 Å². The van der Waals surface area contributed by atoms with Gasteiger partial charge in [-0.25, -0.2) is 0 Å². The van der Waals surface area contributed by atoms with Crippen LogP contribution in [-0.2, 0) is 0 Å². The first-order chi connectivity index (χ1) is 8.90. The molecule has 114 valence electrons.